The van der Waals surface area contributed by atoms with Gasteiger partial charge in [-0.2, -0.15) is 5.26 Å². The van der Waals surface area contributed by atoms with Crippen molar-refractivity contribution in [2.24, 2.45) is 5.73 Å². The Morgan fingerprint density at radius 1 is 1.21 bits per heavy atom. The number of fused-ring (bicyclic) bond motifs is 1. The molecule has 1 atom stereocenters. The van der Waals surface area contributed by atoms with Crippen molar-refractivity contribution in [3.05, 3.63) is 65.0 Å². The summed E-state index contributed by atoms with van der Waals surface area (Å²) in [4.78, 5) is 0. The first-order valence-electron chi connectivity index (χ1n) is 7.66. The molecule has 2 aromatic carbocycles. The van der Waals surface area contributed by atoms with E-state index >= 15 is 0 Å². The van der Waals surface area contributed by atoms with E-state index in [9.17, 15) is 5.26 Å². The van der Waals surface area contributed by atoms with Crippen LogP contribution in [0.4, 0.5) is 0 Å². The zero-order chi connectivity index (χ0) is 17.1. The van der Waals surface area contributed by atoms with Crippen LogP contribution in [0.1, 0.15) is 24.0 Å². The van der Waals surface area contributed by atoms with Crippen LogP contribution in [-0.4, -0.2) is 13.7 Å². The van der Waals surface area contributed by atoms with E-state index < -0.39 is 0 Å². The number of rotatable bonds is 4. The van der Waals surface area contributed by atoms with Gasteiger partial charge in [0.25, 0.3) is 0 Å². The van der Waals surface area contributed by atoms with E-state index in [1.807, 2.05) is 49.4 Å². The largest absolute Gasteiger partial charge is 0.493 e. The fourth-order valence-electron chi connectivity index (χ4n) is 2.89. The van der Waals surface area contributed by atoms with Crippen molar-refractivity contribution in [3.63, 3.8) is 0 Å². The van der Waals surface area contributed by atoms with Crippen molar-refractivity contribution in [1.29, 1.82) is 5.26 Å². The number of allylic oxidation sites excluding steroid dienone is 1. The van der Waals surface area contributed by atoms with Gasteiger partial charge in [0.05, 0.1) is 19.6 Å². The van der Waals surface area contributed by atoms with Gasteiger partial charge in [0.15, 0.2) is 11.5 Å². The predicted molar refractivity (Wildman–Crippen MR) is 89.9 cm³/mol. The van der Waals surface area contributed by atoms with Gasteiger partial charge in [-0.15, -0.1) is 0 Å². The topological polar surface area (TPSA) is 77.5 Å². The summed E-state index contributed by atoms with van der Waals surface area (Å²) in [6, 6.07) is 15.4. The molecule has 0 saturated heterocycles. The van der Waals surface area contributed by atoms with E-state index in [-0.39, 0.29) is 11.8 Å². The Labute approximate surface area is 140 Å². The van der Waals surface area contributed by atoms with Crippen LogP contribution >= 0.6 is 0 Å². The second kappa shape index (κ2) is 6.55. The van der Waals surface area contributed by atoms with Gasteiger partial charge in [0, 0.05) is 5.56 Å². The Bertz CT molecular complexity index is 837. The summed E-state index contributed by atoms with van der Waals surface area (Å²) in [6.07, 6.45) is 0. The molecule has 3 rings (SSSR count). The van der Waals surface area contributed by atoms with Crippen molar-refractivity contribution >= 4 is 0 Å². The van der Waals surface area contributed by atoms with E-state index in [0.717, 1.165) is 11.1 Å². The minimum Gasteiger partial charge on any atom is -0.493 e. The molecule has 5 nitrogen and oxygen atoms in total. The summed E-state index contributed by atoms with van der Waals surface area (Å²) in [5.74, 6) is 1.78. The molecule has 0 amide bonds. The van der Waals surface area contributed by atoms with Gasteiger partial charge < -0.3 is 19.9 Å². The van der Waals surface area contributed by atoms with E-state index in [1.165, 1.54) is 0 Å². The first kappa shape index (κ1) is 15.8. The molecule has 1 heterocycles. The summed E-state index contributed by atoms with van der Waals surface area (Å²) >= 11 is 0. The molecule has 24 heavy (non-hydrogen) atoms. The van der Waals surface area contributed by atoms with Crippen LogP contribution in [0.3, 0.4) is 0 Å². The second-order valence-electron chi connectivity index (χ2n) is 5.31. The summed E-state index contributed by atoms with van der Waals surface area (Å²) in [6.45, 7) is 2.46. The third-order valence-electron chi connectivity index (χ3n) is 3.95. The molecular weight excluding hydrogens is 304 g/mol. The maximum atomic E-state index is 9.56. The third kappa shape index (κ3) is 2.63. The molecular formula is C19H18N2O3. The second-order valence-corrected chi connectivity index (χ2v) is 5.31. The van der Waals surface area contributed by atoms with Crippen molar-refractivity contribution in [2.45, 2.75) is 12.8 Å². The quantitative estimate of drug-likeness (QED) is 0.934. The van der Waals surface area contributed by atoms with Gasteiger partial charge in [-0.1, -0.05) is 24.3 Å². The molecule has 1 aliphatic rings. The smallest absolute Gasteiger partial charge is 0.205 e. The highest BCUT2D eigenvalue weighted by atomic mass is 16.5. The molecule has 2 N–H and O–H groups in total. The first-order valence-corrected chi connectivity index (χ1v) is 7.66. The third-order valence-corrected chi connectivity index (χ3v) is 3.95. The maximum absolute atomic E-state index is 9.56. The lowest BCUT2D eigenvalue weighted by Gasteiger charge is -2.26. The van der Waals surface area contributed by atoms with Gasteiger partial charge >= 0.3 is 0 Å². The fourth-order valence-corrected chi connectivity index (χ4v) is 2.89. The van der Waals surface area contributed by atoms with Crippen LogP contribution < -0.4 is 19.9 Å². The summed E-state index contributed by atoms with van der Waals surface area (Å²) in [7, 11) is 1.59. The Morgan fingerprint density at radius 3 is 2.71 bits per heavy atom. The number of ether oxygens (including phenoxy) is 3. The Balaban J connectivity index is 2.15. The number of hydrogen-bond acceptors (Lipinski definition) is 5. The Kier molecular flexibility index (Phi) is 4.30. The maximum Gasteiger partial charge on any atom is 0.205 e. The van der Waals surface area contributed by atoms with E-state index in [1.54, 1.807) is 7.11 Å². The molecule has 0 aliphatic carbocycles. The van der Waals surface area contributed by atoms with E-state index in [0.29, 0.717) is 29.4 Å². The molecule has 0 unspecified atom stereocenters. The average Bonchev–Trinajstić information content (AvgIpc) is 2.61. The molecule has 122 valence electrons. The zero-order valence-corrected chi connectivity index (χ0v) is 13.6. The summed E-state index contributed by atoms with van der Waals surface area (Å²) in [5, 5.41) is 9.56. The van der Waals surface area contributed by atoms with E-state index in [2.05, 4.69) is 6.07 Å². The molecule has 0 fully saturated rings. The van der Waals surface area contributed by atoms with Crippen molar-refractivity contribution in [2.75, 3.05) is 13.7 Å². The van der Waals surface area contributed by atoms with Crippen LogP contribution in [0.15, 0.2) is 53.9 Å². The van der Waals surface area contributed by atoms with Crippen LogP contribution in [0.2, 0.25) is 0 Å². The Hall–Kier alpha value is -3.13. The molecule has 1 aliphatic heterocycles. The number of nitrogens with zero attached hydrogens (tertiary/aromatic N) is 1. The molecule has 0 spiro atoms. The standard InChI is InChI=1S/C19H18N2O3/c1-3-23-16-9-8-12(10-17(16)22-2)18-13-6-4-5-7-15(13)24-19(21)14(18)11-20/h4-10,18H,3,21H2,1-2H3/t18-/m1/s1. The highest BCUT2D eigenvalue weighted by Crippen LogP contribution is 2.43. The molecule has 0 radical (unpaired) electrons. The lowest BCUT2D eigenvalue weighted by atomic mass is 9.83. The zero-order valence-electron chi connectivity index (χ0n) is 13.6. The normalized spacial score (nSPS) is 16.0. The van der Waals surface area contributed by atoms with Crippen LogP contribution in [0, 0.1) is 11.3 Å². The molecule has 5 heteroatoms. The molecule has 0 bridgehead atoms. The lowest BCUT2D eigenvalue weighted by Crippen LogP contribution is -2.21. The van der Waals surface area contributed by atoms with Crippen LogP contribution in [0.25, 0.3) is 0 Å². The number of nitriles is 1. The van der Waals surface area contributed by atoms with Crippen molar-refractivity contribution in [1.82, 2.24) is 0 Å². The van der Waals surface area contributed by atoms with Crippen LogP contribution in [-0.2, 0) is 0 Å². The van der Waals surface area contributed by atoms with Crippen molar-refractivity contribution in [3.8, 4) is 23.3 Å². The summed E-state index contributed by atoms with van der Waals surface area (Å²) in [5.41, 5.74) is 8.14. The van der Waals surface area contributed by atoms with E-state index in [4.69, 9.17) is 19.9 Å². The monoisotopic (exact) mass is 322 g/mol. The molecule has 0 aromatic heterocycles. The predicted octanol–water partition coefficient (Wildman–Crippen LogP) is 3.31. The number of benzene rings is 2. The highest BCUT2D eigenvalue weighted by molar-refractivity contribution is 5.57. The number of hydrogen-bond donors (Lipinski definition) is 1. The lowest BCUT2D eigenvalue weighted by molar-refractivity contribution is 0.310. The number of nitrogens with two attached hydrogens (primary N) is 1. The van der Waals surface area contributed by atoms with Crippen molar-refractivity contribution < 1.29 is 14.2 Å². The van der Waals surface area contributed by atoms with Gasteiger partial charge in [0.1, 0.15) is 17.4 Å². The minimum atomic E-state index is -0.301. The highest BCUT2D eigenvalue weighted by Gasteiger charge is 2.30. The fraction of sp³-hybridized carbons (Fsp3) is 0.211. The van der Waals surface area contributed by atoms with Gasteiger partial charge in [0.2, 0.25) is 5.88 Å². The molecule has 0 saturated carbocycles. The number of methoxy groups -OCH3 is 1. The first-order chi connectivity index (χ1) is 11.7. The van der Waals surface area contributed by atoms with Gasteiger partial charge in [-0.3, -0.25) is 0 Å². The summed E-state index contributed by atoms with van der Waals surface area (Å²) < 4.78 is 16.6. The average molecular weight is 322 g/mol. The van der Waals surface area contributed by atoms with Gasteiger partial charge in [-0.25, -0.2) is 0 Å². The SMILES string of the molecule is CCOc1ccc([C@H]2C(C#N)=C(N)Oc3ccccc32)cc1OC. The Morgan fingerprint density at radius 2 is 2.00 bits per heavy atom. The van der Waals surface area contributed by atoms with Crippen LogP contribution in [0.5, 0.6) is 17.2 Å². The minimum absolute atomic E-state index is 0.133. The molecule has 2 aromatic rings. The number of para-hydroxylation sites is 1. The van der Waals surface area contributed by atoms with Gasteiger partial charge in [-0.05, 0) is 30.7 Å².